The van der Waals surface area contributed by atoms with Crippen LogP contribution in [0.2, 0.25) is 10.0 Å². The number of rotatable bonds is 2. The van der Waals surface area contributed by atoms with Crippen LogP contribution >= 0.6 is 23.2 Å². The number of nitrogen functional groups attached to an aromatic ring is 1. The highest BCUT2D eigenvalue weighted by molar-refractivity contribution is 6.36. The second-order valence-electron chi connectivity index (χ2n) is 4.78. The third kappa shape index (κ3) is 2.48. The Labute approximate surface area is 130 Å². The van der Waals surface area contributed by atoms with Crippen LogP contribution in [0.25, 0.3) is 0 Å². The highest BCUT2D eigenvalue weighted by Gasteiger charge is 2.22. The van der Waals surface area contributed by atoms with Crippen molar-refractivity contribution >= 4 is 46.3 Å². The van der Waals surface area contributed by atoms with Crippen molar-refractivity contribution in [3.05, 3.63) is 57.1 Å². The fourth-order valence-electron chi connectivity index (χ4n) is 2.25. The summed E-state index contributed by atoms with van der Waals surface area (Å²) in [6.45, 7) is 0. The summed E-state index contributed by atoms with van der Waals surface area (Å²) in [6, 6.07) is 7.90. The highest BCUT2D eigenvalue weighted by atomic mass is 35.5. The molecule has 21 heavy (non-hydrogen) atoms. The van der Waals surface area contributed by atoms with Crippen molar-refractivity contribution in [3.63, 3.8) is 0 Å². The zero-order chi connectivity index (χ0) is 15.1. The van der Waals surface area contributed by atoms with Crippen molar-refractivity contribution in [1.82, 2.24) is 0 Å². The molecule has 3 rings (SSSR count). The number of fused-ring (bicyclic) bond motifs is 1. The van der Waals surface area contributed by atoms with Crippen molar-refractivity contribution in [3.8, 4) is 0 Å². The molecule has 0 spiro atoms. The number of benzene rings is 2. The Hall–Kier alpha value is -2.04. The van der Waals surface area contributed by atoms with Gasteiger partial charge in [0.2, 0.25) is 5.91 Å². The Bertz CT molecular complexity index is 787. The van der Waals surface area contributed by atoms with Crippen molar-refractivity contribution in [2.45, 2.75) is 6.42 Å². The second kappa shape index (κ2) is 5.06. The number of hydrogen-bond donors (Lipinski definition) is 2. The molecule has 0 unspecified atom stereocenters. The van der Waals surface area contributed by atoms with Gasteiger partial charge in [-0.3, -0.25) is 9.59 Å². The number of ketones is 1. The van der Waals surface area contributed by atoms with E-state index in [1.807, 2.05) is 0 Å². The lowest BCUT2D eigenvalue weighted by atomic mass is 10.00. The second-order valence-corrected chi connectivity index (χ2v) is 5.59. The zero-order valence-electron chi connectivity index (χ0n) is 10.7. The van der Waals surface area contributed by atoms with Gasteiger partial charge in [0.15, 0.2) is 5.78 Å². The zero-order valence-corrected chi connectivity index (χ0v) is 12.3. The molecule has 6 heteroatoms. The normalized spacial score (nSPS) is 13.0. The predicted octanol–water partition coefficient (Wildman–Crippen LogP) is 3.30. The summed E-state index contributed by atoms with van der Waals surface area (Å²) in [6.07, 6.45) is 0.245. The predicted molar refractivity (Wildman–Crippen MR) is 83.1 cm³/mol. The fraction of sp³-hybridized carbons (Fsp3) is 0.0667. The van der Waals surface area contributed by atoms with Crippen molar-refractivity contribution in [1.29, 1.82) is 0 Å². The van der Waals surface area contributed by atoms with Crippen LogP contribution in [0, 0.1) is 0 Å². The van der Waals surface area contributed by atoms with E-state index in [1.54, 1.807) is 24.3 Å². The Morgan fingerprint density at radius 3 is 2.62 bits per heavy atom. The van der Waals surface area contributed by atoms with Gasteiger partial charge in [-0.25, -0.2) is 0 Å². The maximum Gasteiger partial charge on any atom is 0.228 e. The first-order valence-electron chi connectivity index (χ1n) is 6.17. The van der Waals surface area contributed by atoms with Gasteiger partial charge in [0.25, 0.3) is 0 Å². The van der Waals surface area contributed by atoms with E-state index in [-0.39, 0.29) is 23.1 Å². The largest absolute Gasteiger partial charge is 0.398 e. The number of carbonyl (C=O) groups is 2. The Morgan fingerprint density at radius 1 is 1.14 bits per heavy atom. The van der Waals surface area contributed by atoms with Crippen LogP contribution in [0.15, 0.2) is 30.3 Å². The van der Waals surface area contributed by atoms with Crippen LogP contribution in [0.5, 0.6) is 0 Å². The number of halogens is 2. The van der Waals surface area contributed by atoms with Crippen LogP contribution < -0.4 is 11.1 Å². The summed E-state index contributed by atoms with van der Waals surface area (Å²) in [5.41, 5.74) is 8.18. The molecular weight excluding hydrogens is 311 g/mol. The first-order chi connectivity index (χ1) is 9.95. The van der Waals surface area contributed by atoms with E-state index in [9.17, 15) is 9.59 Å². The Kier molecular flexibility index (Phi) is 3.35. The molecule has 1 amide bonds. The molecule has 1 heterocycles. The van der Waals surface area contributed by atoms with E-state index in [1.165, 1.54) is 6.07 Å². The molecule has 4 nitrogen and oxygen atoms in total. The lowest BCUT2D eigenvalue weighted by Crippen LogP contribution is -2.04. The molecule has 0 aromatic heterocycles. The maximum absolute atomic E-state index is 12.5. The number of hydrogen-bond acceptors (Lipinski definition) is 3. The highest BCUT2D eigenvalue weighted by Crippen LogP contribution is 2.31. The first kappa shape index (κ1) is 13.9. The fourth-order valence-corrected chi connectivity index (χ4v) is 2.68. The van der Waals surface area contributed by atoms with Gasteiger partial charge in [0, 0.05) is 16.8 Å². The molecule has 3 N–H and O–H groups in total. The smallest absolute Gasteiger partial charge is 0.228 e. The van der Waals surface area contributed by atoms with Crippen LogP contribution in [-0.4, -0.2) is 11.7 Å². The molecule has 0 aliphatic carbocycles. The van der Waals surface area contributed by atoms with Gasteiger partial charge in [-0.15, -0.1) is 0 Å². The summed E-state index contributed by atoms with van der Waals surface area (Å²) >= 11 is 12.1. The molecule has 106 valence electrons. The van der Waals surface area contributed by atoms with Crippen LogP contribution in [0.1, 0.15) is 21.5 Å². The Balaban J connectivity index is 2.04. The molecule has 2 aromatic carbocycles. The molecule has 1 aliphatic rings. The van der Waals surface area contributed by atoms with E-state index in [0.29, 0.717) is 27.5 Å². The summed E-state index contributed by atoms with van der Waals surface area (Å²) < 4.78 is 0. The average molecular weight is 321 g/mol. The lowest BCUT2D eigenvalue weighted by Gasteiger charge is -2.08. The molecule has 0 bridgehead atoms. The number of nitrogens with one attached hydrogen (secondary N) is 1. The monoisotopic (exact) mass is 320 g/mol. The lowest BCUT2D eigenvalue weighted by molar-refractivity contribution is -0.115. The van der Waals surface area contributed by atoms with Crippen LogP contribution in [0.3, 0.4) is 0 Å². The Morgan fingerprint density at radius 2 is 1.90 bits per heavy atom. The number of carbonyl (C=O) groups excluding carboxylic acids is 2. The molecule has 0 fully saturated rings. The van der Waals surface area contributed by atoms with E-state index in [0.717, 1.165) is 5.56 Å². The van der Waals surface area contributed by atoms with E-state index in [2.05, 4.69) is 5.32 Å². The van der Waals surface area contributed by atoms with Crippen LogP contribution in [-0.2, 0) is 11.2 Å². The number of amides is 1. The van der Waals surface area contributed by atoms with Gasteiger partial charge < -0.3 is 11.1 Å². The van der Waals surface area contributed by atoms with Crippen molar-refractivity contribution < 1.29 is 9.59 Å². The SMILES string of the molecule is Nc1ccc(C(=O)c2cc3c(cc2Cl)NC(=O)C3)cc1Cl. The van der Waals surface area contributed by atoms with Crippen molar-refractivity contribution in [2.75, 3.05) is 11.1 Å². The molecular formula is C15H10Cl2N2O2. The number of anilines is 2. The van der Waals surface area contributed by atoms with Gasteiger partial charge in [-0.1, -0.05) is 23.2 Å². The number of nitrogens with two attached hydrogens (primary N) is 1. The minimum atomic E-state index is -0.260. The van der Waals surface area contributed by atoms with Gasteiger partial charge in [0.1, 0.15) is 0 Å². The molecule has 0 saturated heterocycles. The summed E-state index contributed by atoms with van der Waals surface area (Å²) in [5.74, 6) is -0.370. The topological polar surface area (TPSA) is 72.2 Å². The standard InChI is InChI=1S/C15H10Cl2N2O2/c16-10-6-13-8(5-14(20)19-13)3-9(10)15(21)7-1-2-12(18)11(17)4-7/h1-4,6H,5,18H2,(H,19,20). The van der Waals surface area contributed by atoms with Gasteiger partial charge in [-0.2, -0.15) is 0 Å². The molecule has 0 radical (unpaired) electrons. The third-order valence-corrected chi connectivity index (χ3v) is 3.97. The quantitative estimate of drug-likeness (QED) is 0.658. The minimum absolute atomic E-state index is 0.110. The van der Waals surface area contributed by atoms with Gasteiger partial charge >= 0.3 is 0 Å². The van der Waals surface area contributed by atoms with Crippen molar-refractivity contribution in [2.24, 2.45) is 0 Å². The minimum Gasteiger partial charge on any atom is -0.398 e. The third-order valence-electron chi connectivity index (χ3n) is 3.33. The molecule has 1 aliphatic heterocycles. The van der Waals surface area contributed by atoms with Gasteiger partial charge in [0.05, 0.1) is 22.2 Å². The average Bonchev–Trinajstić information content (AvgIpc) is 2.79. The van der Waals surface area contributed by atoms with E-state index >= 15 is 0 Å². The van der Waals surface area contributed by atoms with Crippen LogP contribution in [0.4, 0.5) is 11.4 Å². The maximum atomic E-state index is 12.5. The summed E-state index contributed by atoms with van der Waals surface area (Å²) in [4.78, 5) is 23.9. The summed E-state index contributed by atoms with van der Waals surface area (Å²) in [7, 11) is 0. The summed E-state index contributed by atoms with van der Waals surface area (Å²) in [5, 5.41) is 3.29. The first-order valence-corrected chi connectivity index (χ1v) is 6.93. The van der Waals surface area contributed by atoms with Gasteiger partial charge in [-0.05, 0) is 35.9 Å². The van der Waals surface area contributed by atoms with E-state index in [4.69, 9.17) is 28.9 Å². The van der Waals surface area contributed by atoms with E-state index < -0.39 is 0 Å². The molecule has 0 saturated carbocycles. The molecule has 0 atom stereocenters. The molecule has 2 aromatic rings.